The summed E-state index contributed by atoms with van der Waals surface area (Å²) in [4.78, 5) is 28.5. The van der Waals surface area contributed by atoms with Gasteiger partial charge >= 0.3 is 0 Å². The summed E-state index contributed by atoms with van der Waals surface area (Å²) in [6.45, 7) is 0.614. The lowest BCUT2D eigenvalue weighted by Gasteiger charge is -2.50. The molecule has 2 aliphatic rings. The van der Waals surface area contributed by atoms with Crippen molar-refractivity contribution in [3.63, 3.8) is 0 Å². The van der Waals surface area contributed by atoms with E-state index < -0.39 is 10.6 Å². The molecule has 0 radical (unpaired) electrons. The van der Waals surface area contributed by atoms with Crippen LogP contribution in [0.3, 0.4) is 0 Å². The SMILES string of the molecule is COC1(C(Br)c2ccccc2)C(=O)N2CCC[C@H]2C(=O)N1C. The molecular formula is C16H19BrN2O3. The quantitative estimate of drug-likeness (QED) is 0.768. The van der Waals surface area contributed by atoms with E-state index in [0.717, 1.165) is 18.4 Å². The molecule has 22 heavy (non-hydrogen) atoms. The lowest BCUT2D eigenvalue weighted by atomic mass is 9.95. The first-order valence-electron chi connectivity index (χ1n) is 7.37. The molecule has 0 N–H and O–H groups in total. The number of likely N-dealkylation sites (N-methyl/N-ethyl adjacent to an activating group) is 1. The maximum absolute atomic E-state index is 13.1. The lowest BCUT2D eigenvalue weighted by Crippen LogP contribution is -2.71. The molecule has 0 aromatic heterocycles. The van der Waals surface area contributed by atoms with E-state index in [0.29, 0.717) is 6.54 Å². The number of fused-ring (bicyclic) bond motifs is 1. The first-order chi connectivity index (χ1) is 10.5. The van der Waals surface area contributed by atoms with Crippen LogP contribution in [0.5, 0.6) is 0 Å². The predicted octanol–water partition coefficient (Wildman–Crippen LogP) is 1.93. The van der Waals surface area contributed by atoms with Gasteiger partial charge in [0, 0.05) is 20.7 Å². The molecule has 3 atom stereocenters. The molecule has 2 amide bonds. The van der Waals surface area contributed by atoms with Gasteiger partial charge in [0.15, 0.2) is 0 Å². The minimum atomic E-state index is -1.35. The molecule has 0 spiro atoms. The Morgan fingerprint density at radius 1 is 1.32 bits per heavy atom. The van der Waals surface area contributed by atoms with Crippen LogP contribution >= 0.6 is 15.9 Å². The van der Waals surface area contributed by atoms with Gasteiger partial charge in [0.25, 0.3) is 5.91 Å². The summed E-state index contributed by atoms with van der Waals surface area (Å²) in [5, 5.41) is 0. The molecule has 1 aromatic rings. The molecule has 118 valence electrons. The van der Waals surface area contributed by atoms with Crippen LogP contribution < -0.4 is 0 Å². The van der Waals surface area contributed by atoms with Gasteiger partial charge in [-0.05, 0) is 18.4 Å². The third-order valence-electron chi connectivity index (χ3n) is 4.68. The second kappa shape index (κ2) is 5.66. The predicted molar refractivity (Wildman–Crippen MR) is 85.4 cm³/mol. The van der Waals surface area contributed by atoms with Crippen LogP contribution in [-0.4, -0.2) is 54.1 Å². The van der Waals surface area contributed by atoms with Crippen molar-refractivity contribution in [3.05, 3.63) is 35.9 Å². The Balaban J connectivity index is 2.07. The number of rotatable bonds is 3. The van der Waals surface area contributed by atoms with E-state index in [4.69, 9.17) is 4.74 Å². The van der Waals surface area contributed by atoms with Gasteiger partial charge in [0.2, 0.25) is 11.6 Å². The van der Waals surface area contributed by atoms with Crippen LogP contribution in [-0.2, 0) is 14.3 Å². The van der Waals surface area contributed by atoms with Gasteiger partial charge in [-0.15, -0.1) is 0 Å². The number of hydrogen-bond acceptors (Lipinski definition) is 3. The van der Waals surface area contributed by atoms with Crippen molar-refractivity contribution in [1.82, 2.24) is 9.80 Å². The number of amides is 2. The van der Waals surface area contributed by atoms with Crippen molar-refractivity contribution >= 4 is 27.7 Å². The van der Waals surface area contributed by atoms with E-state index >= 15 is 0 Å². The zero-order valence-electron chi connectivity index (χ0n) is 12.7. The molecule has 0 aliphatic carbocycles. The van der Waals surface area contributed by atoms with Crippen molar-refractivity contribution in [3.8, 4) is 0 Å². The Bertz CT molecular complexity index is 594. The van der Waals surface area contributed by atoms with Gasteiger partial charge in [-0.25, -0.2) is 0 Å². The zero-order chi connectivity index (χ0) is 15.9. The standard InChI is InChI=1S/C16H19BrN2O3/c1-18-14(20)12-9-6-10-19(12)15(21)16(18,22-2)13(17)11-7-4-3-5-8-11/h3-5,7-8,12-13H,6,9-10H2,1-2H3/t12-,13?,16?/m0/s1. The van der Waals surface area contributed by atoms with E-state index in [-0.39, 0.29) is 17.9 Å². The monoisotopic (exact) mass is 366 g/mol. The van der Waals surface area contributed by atoms with Gasteiger partial charge in [0.1, 0.15) is 6.04 Å². The summed E-state index contributed by atoms with van der Waals surface area (Å²) in [5.41, 5.74) is -0.450. The summed E-state index contributed by atoms with van der Waals surface area (Å²) in [6.07, 6.45) is 1.58. The van der Waals surface area contributed by atoms with E-state index in [1.165, 1.54) is 12.0 Å². The number of halogens is 1. The fourth-order valence-corrected chi connectivity index (χ4v) is 4.45. The number of benzene rings is 1. The molecule has 0 bridgehead atoms. The van der Waals surface area contributed by atoms with Gasteiger partial charge in [0.05, 0.1) is 4.83 Å². The van der Waals surface area contributed by atoms with Crippen molar-refractivity contribution < 1.29 is 14.3 Å². The Labute approximate surface area is 138 Å². The summed E-state index contributed by atoms with van der Waals surface area (Å²) in [6, 6.07) is 9.22. The molecule has 2 saturated heterocycles. The summed E-state index contributed by atoms with van der Waals surface area (Å²) < 4.78 is 5.67. The highest BCUT2D eigenvalue weighted by Gasteiger charge is 2.60. The van der Waals surface area contributed by atoms with E-state index in [1.54, 1.807) is 11.9 Å². The first kappa shape index (κ1) is 15.5. The number of nitrogens with zero attached hydrogens (tertiary/aromatic N) is 2. The lowest BCUT2D eigenvalue weighted by molar-refractivity contribution is -0.200. The normalized spacial score (nSPS) is 29.7. The van der Waals surface area contributed by atoms with E-state index in [1.807, 2.05) is 30.3 Å². The second-order valence-corrected chi connectivity index (χ2v) is 6.64. The minimum absolute atomic E-state index is 0.0562. The van der Waals surface area contributed by atoms with Crippen molar-refractivity contribution in [2.75, 3.05) is 20.7 Å². The van der Waals surface area contributed by atoms with Crippen molar-refractivity contribution in [1.29, 1.82) is 0 Å². The molecular weight excluding hydrogens is 348 g/mol. The van der Waals surface area contributed by atoms with E-state index in [2.05, 4.69) is 15.9 Å². The Hall–Kier alpha value is -1.40. The highest BCUT2D eigenvalue weighted by atomic mass is 79.9. The molecule has 5 nitrogen and oxygen atoms in total. The van der Waals surface area contributed by atoms with Gasteiger partial charge in [-0.1, -0.05) is 46.3 Å². The number of piperazine rings is 1. The largest absolute Gasteiger partial charge is 0.349 e. The molecule has 2 unspecified atom stereocenters. The maximum Gasteiger partial charge on any atom is 0.278 e. The highest BCUT2D eigenvalue weighted by molar-refractivity contribution is 9.09. The molecule has 0 saturated carbocycles. The van der Waals surface area contributed by atoms with Gasteiger partial charge in [-0.2, -0.15) is 0 Å². The van der Waals surface area contributed by atoms with Crippen LogP contribution in [0.4, 0.5) is 0 Å². The van der Waals surface area contributed by atoms with Crippen LogP contribution in [0.2, 0.25) is 0 Å². The second-order valence-electron chi connectivity index (χ2n) is 5.73. The van der Waals surface area contributed by atoms with Crippen LogP contribution in [0.1, 0.15) is 23.2 Å². The summed E-state index contributed by atoms with van der Waals surface area (Å²) in [5.74, 6) is -0.204. The van der Waals surface area contributed by atoms with Gasteiger partial charge in [-0.3, -0.25) is 9.59 Å². The van der Waals surface area contributed by atoms with Crippen LogP contribution in [0.15, 0.2) is 30.3 Å². The number of alkyl halides is 1. The van der Waals surface area contributed by atoms with E-state index in [9.17, 15) is 9.59 Å². The summed E-state index contributed by atoms with van der Waals surface area (Å²) in [7, 11) is 3.13. The Morgan fingerprint density at radius 3 is 2.64 bits per heavy atom. The minimum Gasteiger partial charge on any atom is -0.349 e. The maximum atomic E-state index is 13.1. The molecule has 3 rings (SSSR count). The van der Waals surface area contributed by atoms with Crippen LogP contribution in [0, 0.1) is 0 Å². The Kier molecular flexibility index (Phi) is 3.99. The first-order valence-corrected chi connectivity index (χ1v) is 8.28. The molecule has 1 aromatic carbocycles. The average Bonchev–Trinajstić information content (AvgIpc) is 3.04. The third kappa shape index (κ3) is 2.01. The average molecular weight is 367 g/mol. The number of carbonyl (C=O) groups excluding carboxylic acids is 2. The number of methoxy groups -OCH3 is 1. The topological polar surface area (TPSA) is 49.9 Å². The fraction of sp³-hybridized carbons (Fsp3) is 0.500. The number of hydrogen-bond donors (Lipinski definition) is 0. The van der Waals surface area contributed by atoms with Crippen molar-refractivity contribution in [2.45, 2.75) is 29.4 Å². The smallest absolute Gasteiger partial charge is 0.278 e. The third-order valence-corrected chi connectivity index (χ3v) is 5.83. The van der Waals surface area contributed by atoms with Crippen molar-refractivity contribution in [2.24, 2.45) is 0 Å². The Morgan fingerprint density at radius 2 is 2.00 bits per heavy atom. The fourth-order valence-electron chi connectivity index (χ4n) is 3.46. The number of carbonyl (C=O) groups is 2. The number of ether oxygens (including phenoxy) is 1. The van der Waals surface area contributed by atoms with Crippen LogP contribution in [0.25, 0.3) is 0 Å². The molecule has 6 heteroatoms. The van der Waals surface area contributed by atoms with Gasteiger partial charge < -0.3 is 14.5 Å². The zero-order valence-corrected chi connectivity index (χ0v) is 14.2. The summed E-state index contributed by atoms with van der Waals surface area (Å²) >= 11 is 3.60. The molecule has 2 aliphatic heterocycles. The molecule has 2 heterocycles. The molecule has 2 fully saturated rings. The highest BCUT2D eigenvalue weighted by Crippen LogP contribution is 2.44.